The predicted octanol–water partition coefficient (Wildman–Crippen LogP) is 18.9. The molecule has 11 aromatic carbocycles. The van der Waals surface area contributed by atoms with Crippen LogP contribution in [0.1, 0.15) is 0 Å². The molecule has 0 aliphatic heterocycles. The summed E-state index contributed by atoms with van der Waals surface area (Å²) in [5.74, 6) is 0. The van der Waals surface area contributed by atoms with Crippen molar-refractivity contribution in [1.29, 1.82) is 0 Å². The monoisotopic (exact) mass is 935 g/mol. The van der Waals surface area contributed by atoms with Crippen molar-refractivity contribution in [2.45, 2.75) is 0 Å². The maximum absolute atomic E-state index is 7.30. The Bertz CT molecular complexity index is 5060. The summed E-state index contributed by atoms with van der Waals surface area (Å²) < 4.78 is 30.9. The number of rotatable bonds is 5. The molecule has 0 spiro atoms. The highest BCUT2D eigenvalue weighted by atomic mass is 16.3. The van der Waals surface area contributed by atoms with Crippen molar-refractivity contribution < 1.29 is 17.7 Å². The fraction of sp³-hybridized carbons (Fsp3) is 0. The maximum atomic E-state index is 7.30. The average molecular weight is 936 g/mol. The van der Waals surface area contributed by atoms with Gasteiger partial charge in [0.25, 0.3) is 0 Å². The number of aromatic nitrogens is 2. The molecule has 17 aromatic rings. The van der Waals surface area contributed by atoms with Gasteiger partial charge in [0.2, 0.25) is 0 Å². The highest BCUT2D eigenvalue weighted by molar-refractivity contribution is 6.29. The minimum Gasteiger partial charge on any atom is -0.456 e. The van der Waals surface area contributed by atoms with E-state index in [0.717, 1.165) is 160 Å². The summed E-state index contributed by atoms with van der Waals surface area (Å²) in [6, 6.07) is 79.4. The summed E-state index contributed by atoms with van der Waals surface area (Å²) in [5, 5.41) is 13.2. The van der Waals surface area contributed by atoms with E-state index in [1.807, 2.05) is 36.4 Å². The molecule has 0 aliphatic rings. The number of hydrogen-bond acceptors (Lipinski definition) is 5. The molecule has 6 aromatic heterocycles. The molecule has 0 saturated heterocycles. The molecular formula is C66H37N3O4. The van der Waals surface area contributed by atoms with Crippen LogP contribution in [-0.4, -0.2) is 9.13 Å². The number of furan rings is 4. The molecule has 0 N–H and O–H groups in total. The van der Waals surface area contributed by atoms with Crippen LogP contribution in [0, 0.1) is 0 Å². The van der Waals surface area contributed by atoms with Crippen LogP contribution in [0.4, 0.5) is 17.1 Å². The summed E-state index contributed by atoms with van der Waals surface area (Å²) in [5.41, 5.74) is 16.6. The van der Waals surface area contributed by atoms with Gasteiger partial charge in [-0.2, -0.15) is 0 Å². The minimum absolute atomic E-state index is 0.857. The molecule has 7 heteroatoms. The van der Waals surface area contributed by atoms with Gasteiger partial charge >= 0.3 is 0 Å². The number of nitrogens with zero attached hydrogens (tertiary/aromatic N) is 3. The molecule has 17 rings (SSSR count). The molecule has 0 saturated carbocycles. The maximum Gasteiger partial charge on any atom is 0.145 e. The third-order valence-corrected chi connectivity index (χ3v) is 15.3. The van der Waals surface area contributed by atoms with Crippen LogP contribution < -0.4 is 4.90 Å². The zero-order valence-corrected chi connectivity index (χ0v) is 38.8. The van der Waals surface area contributed by atoms with Crippen molar-refractivity contribution >= 4 is 148 Å². The van der Waals surface area contributed by atoms with E-state index in [1.54, 1.807) is 0 Å². The molecule has 73 heavy (non-hydrogen) atoms. The Morgan fingerprint density at radius 2 is 0.630 bits per heavy atom. The highest BCUT2D eigenvalue weighted by Crippen LogP contribution is 2.47. The smallest absolute Gasteiger partial charge is 0.145 e. The lowest BCUT2D eigenvalue weighted by Crippen LogP contribution is -2.10. The van der Waals surface area contributed by atoms with E-state index in [1.165, 1.54) is 0 Å². The first kappa shape index (κ1) is 38.8. The van der Waals surface area contributed by atoms with Gasteiger partial charge in [-0.1, -0.05) is 91.0 Å². The first-order chi connectivity index (χ1) is 36.2. The first-order valence-electron chi connectivity index (χ1n) is 24.6. The molecule has 0 unspecified atom stereocenters. The summed E-state index contributed by atoms with van der Waals surface area (Å²) in [7, 11) is 0. The summed E-state index contributed by atoms with van der Waals surface area (Å²) in [4.78, 5) is 2.32. The molecule has 0 atom stereocenters. The Balaban J connectivity index is 0.841. The lowest BCUT2D eigenvalue weighted by atomic mass is 10.1. The van der Waals surface area contributed by atoms with E-state index in [4.69, 9.17) is 17.7 Å². The van der Waals surface area contributed by atoms with Crippen molar-refractivity contribution in [3.05, 3.63) is 224 Å². The SMILES string of the molecule is c1ccc2c(c1)oc1ccc(N(c3ccc(-n4c5ccccc5c5c6oc7c(ccc8c7c7ccccc7n8-c7ccc8oc9ccccc9c8c7)c6ccc54)cc3)c3ccc4oc5ccccc5c4c3)cc12. The van der Waals surface area contributed by atoms with E-state index >= 15 is 0 Å². The Kier molecular flexibility index (Phi) is 7.61. The lowest BCUT2D eigenvalue weighted by Gasteiger charge is -2.26. The molecule has 340 valence electrons. The minimum atomic E-state index is 0.857. The Morgan fingerprint density at radius 1 is 0.247 bits per heavy atom. The van der Waals surface area contributed by atoms with E-state index in [-0.39, 0.29) is 0 Å². The van der Waals surface area contributed by atoms with Crippen LogP contribution >= 0.6 is 0 Å². The van der Waals surface area contributed by atoms with E-state index in [0.29, 0.717) is 0 Å². The lowest BCUT2D eigenvalue weighted by molar-refractivity contribution is 0.668. The van der Waals surface area contributed by atoms with Crippen molar-refractivity contribution in [2.75, 3.05) is 4.90 Å². The summed E-state index contributed by atoms with van der Waals surface area (Å²) >= 11 is 0. The number of benzene rings is 11. The molecule has 0 amide bonds. The quantitative estimate of drug-likeness (QED) is 0.172. The van der Waals surface area contributed by atoms with Gasteiger partial charge in [-0.15, -0.1) is 0 Å². The van der Waals surface area contributed by atoms with Crippen molar-refractivity contribution in [3.63, 3.8) is 0 Å². The molecule has 0 aliphatic carbocycles. The van der Waals surface area contributed by atoms with Gasteiger partial charge in [-0.25, -0.2) is 0 Å². The second kappa shape index (κ2) is 14.3. The standard InChI is InChI=1S/C66H37N3O4/c1-6-16-53-48(14-1)63-55(30-28-46-47-29-31-56-64(66(47)73-65(46)63)49-15-2-7-17-54(49)69(56)42-27-34-62-52(37-42)45-13-5-10-20-59(45)72-62)68(53)39-23-21-38(22-24-39)67(40-25-32-60-50(35-40)43-11-3-8-18-57(43)70-60)41-26-33-61-51(36-41)44-12-4-9-19-58(44)71-61/h1-37H. The van der Waals surface area contributed by atoms with Crippen LogP contribution in [0.15, 0.2) is 242 Å². The zero-order chi connectivity index (χ0) is 47.5. The number of para-hydroxylation sites is 5. The second-order valence-electron chi connectivity index (χ2n) is 19.2. The predicted molar refractivity (Wildman–Crippen MR) is 299 cm³/mol. The van der Waals surface area contributed by atoms with E-state index in [9.17, 15) is 0 Å². The third-order valence-electron chi connectivity index (χ3n) is 15.3. The molecular weight excluding hydrogens is 899 g/mol. The normalized spacial score (nSPS) is 12.4. The van der Waals surface area contributed by atoms with Crippen LogP contribution in [0.2, 0.25) is 0 Å². The van der Waals surface area contributed by atoms with Gasteiger partial charge in [0.1, 0.15) is 44.7 Å². The Morgan fingerprint density at radius 3 is 1.14 bits per heavy atom. The zero-order valence-electron chi connectivity index (χ0n) is 38.8. The first-order valence-corrected chi connectivity index (χ1v) is 24.6. The molecule has 0 radical (unpaired) electrons. The largest absolute Gasteiger partial charge is 0.456 e. The number of fused-ring (bicyclic) bond motifs is 20. The van der Waals surface area contributed by atoms with Crippen molar-refractivity contribution in [3.8, 4) is 11.4 Å². The van der Waals surface area contributed by atoms with Crippen LogP contribution in [0.25, 0.3) is 143 Å². The molecule has 0 bridgehead atoms. The van der Waals surface area contributed by atoms with Crippen LogP contribution in [0.3, 0.4) is 0 Å². The second-order valence-corrected chi connectivity index (χ2v) is 19.2. The molecule has 6 heterocycles. The topological polar surface area (TPSA) is 65.7 Å². The Hall–Kier alpha value is -9.98. The fourth-order valence-corrected chi connectivity index (χ4v) is 12.1. The molecule has 0 fully saturated rings. The van der Waals surface area contributed by atoms with E-state index in [2.05, 4.69) is 202 Å². The van der Waals surface area contributed by atoms with Crippen LogP contribution in [0.5, 0.6) is 0 Å². The van der Waals surface area contributed by atoms with Gasteiger partial charge in [-0.3, -0.25) is 0 Å². The van der Waals surface area contributed by atoms with Gasteiger partial charge in [0.15, 0.2) is 0 Å². The number of hydrogen-bond donors (Lipinski definition) is 0. The van der Waals surface area contributed by atoms with E-state index < -0.39 is 0 Å². The summed E-state index contributed by atoms with van der Waals surface area (Å²) in [6.45, 7) is 0. The fourth-order valence-electron chi connectivity index (χ4n) is 12.1. The highest BCUT2D eigenvalue weighted by Gasteiger charge is 2.24. The third kappa shape index (κ3) is 5.37. The van der Waals surface area contributed by atoms with Crippen molar-refractivity contribution in [2.24, 2.45) is 0 Å². The van der Waals surface area contributed by atoms with Gasteiger partial charge in [-0.05, 0) is 133 Å². The Labute approximate surface area is 414 Å². The molecule has 7 nitrogen and oxygen atoms in total. The van der Waals surface area contributed by atoms with Gasteiger partial charge in [0, 0.05) is 82.3 Å². The van der Waals surface area contributed by atoms with Crippen LogP contribution in [-0.2, 0) is 0 Å². The average Bonchev–Trinajstić information content (AvgIpc) is 4.30. The summed E-state index contributed by atoms with van der Waals surface area (Å²) in [6.07, 6.45) is 0. The number of anilines is 3. The van der Waals surface area contributed by atoms with Gasteiger partial charge < -0.3 is 31.7 Å². The van der Waals surface area contributed by atoms with Crippen molar-refractivity contribution in [1.82, 2.24) is 9.13 Å². The van der Waals surface area contributed by atoms with Gasteiger partial charge in [0.05, 0.1) is 32.8 Å².